The summed E-state index contributed by atoms with van der Waals surface area (Å²) in [6.45, 7) is 4.49. The number of nitrogens with zero attached hydrogens (tertiary/aromatic N) is 3. The van der Waals surface area contributed by atoms with Gasteiger partial charge in [-0.2, -0.15) is 0 Å². The monoisotopic (exact) mass is 347 g/mol. The smallest absolute Gasteiger partial charge is 0.139 e. The highest BCUT2D eigenvalue weighted by molar-refractivity contribution is 6.31. The normalized spacial score (nSPS) is 22.4. The van der Waals surface area contributed by atoms with Crippen molar-refractivity contribution >= 4 is 28.3 Å². The molecule has 24 heavy (non-hydrogen) atoms. The van der Waals surface area contributed by atoms with E-state index < -0.39 is 0 Å². The predicted molar refractivity (Wildman–Crippen MR) is 94.7 cm³/mol. The largest absolute Gasteiger partial charge is 0.381 e. The van der Waals surface area contributed by atoms with E-state index in [1.54, 1.807) is 6.33 Å². The molecule has 0 N–H and O–H groups in total. The average Bonchev–Trinajstić information content (AvgIpc) is 3.13. The zero-order valence-electron chi connectivity index (χ0n) is 13.7. The first-order valence-electron chi connectivity index (χ1n) is 8.64. The molecule has 0 radical (unpaired) electrons. The molecular formula is C18H22ClN3O2. The first kappa shape index (κ1) is 16.1. The Morgan fingerprint density at radius 3 is 2.88 bits per heavy atom. The number of anilines is 1. The number of aromatic nitrogens is 2. The van der Waals surface area contributed by atoms with Crippen LogP contribution < -0.4 is 4.90 Å². The molecule has 0 saturated carbocycles. The summed E-state index contributed by atoms with van der Waals surface area (Å²) in [5.41, 5.74) is 0.895. The summed E-state index contributed by atoms with van der Waals surface area (Å²) in [4.78, 5) is 11.2. The molecule has 128 valence electrons. The molecule has 0 aliphatic carbocycles. The van der Waals surface area contributed by atoms with Gasteiger partial charge in [0.2, 0.25) is 0 Å². The summed E-state index contributed by atoms with van der Waals surface area (Å²) in [5.74, 6) is 1.58. The summed E-state index contributed by atoms with van der Waals surface area (Å²) in [6, 6.07) is 5.80. The molecular weight excluding hydrogens is 326 g/mol. The van der Waals surface area contributed by atoms with E-state index in [1.165, 1.54) is 0 Å². The van der Waals surface area contributed by atoms with Crippen LogP contribution in [-0.4, -0.2) is 49.0 Å². The van der Waals surface area contributed by atoms with Crippen LogP contribution in [0.25, 0.3) is 10.9 Å². The lowest BCUT2D eigenvalue weighted by Crippen LogP contribution is -2.38. The van der Waals surface area contributed by atoms with E-state index in [0.717, 1.165) is 68.9 Å². The van der Waals surface area contributed by atoms with Crippen LogP contribution >= 0.6 is 11.6 Å². The number of benzene rings is 1. The minimum atomic E-state index is 0.351. The van der Waals surface area contributed by atoms with Gasteiger partial charge in [-0.15, -0.1) is 0 Å². The molecule has 2 fully saturated rings. The molecule has 1 aromatic heterocycles. The number of ether oxygens (including phenoxy) is 2. The Kier molecular flexibility index (Phi) is 4.83. The van der Waals surface area contributed by atoms with Gasteiger partial charge in [0, 0.05) is 36.0 Å². The van der Waals surface area contributed by atoms with Gasteiger partial charge in [-0.3, -0.25) is 0 Å². The number of hydrogen-bond donors (Lipinski definition) is 0. The number of rotatable bonds is 4. The van der Waals surface area contributed by atoms with Gasteiger partial charge in [-0.05, 0) is 37.5 Å². The van der Waals surface area contributed by atoms with Crippen LogP contribution in [0, 0.1) is 5.92 Å². The molecule has 2 aliphatic heterocycles. The van der Waals surface area contributed by atoms with Crippen molar-refractivity contribution in [2.45, 2.75) is 25.4 Å². The molecule has 4 rings (SSSR count). The molecule has 1 unspecified atom stereocenters. The highest BCUT2D eigenvalue weighted by atomic mass is 35.5. The van der Waals surface area contributed by atoms with Gasteiger partial charge >= 0.3 is 0 Å². The van der Waals surface area contributed by atoms with E-state index in [1.807, 2.05) is 18.2 Å². The van der Waals surface area contributed by atoms with Gasteiger partial charge in [-0.1, -0.05) is 11.6 Å². The van der Waals surface area contributed by atoms with E-state index in [2.05, 4.69) is 14.9 Å². The molecule has 2 saturated heterocycles. The maximum absolute atomic E-state index is 6.10. The predicted octanol–water partition coefficient (Wildman–Crippen LogP) is 3.31. The van der Waals surface area contributed by atoms with Crippen LogP contribution in [-0.2, 0) is 9.47 Å². The lowest BCUT2D eigenvalue weighted by atomic mass is 10.1. The van der Waals surface area contributed by atoms with E-state index >= 15 is 0 Å². The molecule has 3 heterocycles. The second-order valence-electron chi connectivity index (χ2n) is 6.61. The number of piperidine rings is 1. The molecule has 2 aliphatic rings. The van der Waals surface area contributed by atoms with Crippen LogP contribution in [0.2, 0.25) is 5.02 Å². The first-order chi connectivity index (χ1) is 11.8. The van der Waals surface area contributed by atoms with Gasteiger partial charge in [0.15, 0.2) is 0 Å². The van der Waals surface area contributed by atoms with Gasteiger partial charge in [0.05, 0.1) is 24.8 Å². The zero-order valence-corrected chi connectivity index (χ0v) is 14.4. The molecule has 0 spiro atoms. The van der Waals surface area contributed by atoms with Crippen LogP contribution in [0.3, 0.4) is 0 Å². The Morgan fingerprint density at radius 2 is 2.08 bits per heavy atom. The SMILES string of the molecule is Clc1ccc2c(N3CCC(OCC4CCOC4)CC3)ncnc2c1. The van der Waals surface area contributed by atoms with E-state index in [4.69, 9.17) is 21.1 Å². The molecule has 1 aromatic carbocycles. The Labute approximate surface area is 146 Å². The average molecular weight is 348 g/mol. The third-order valence-electron chi connectivity index (χ3n) is 4.91. The second-order valence-corrected chi connectivity index (χ2v) is 7.04. The summed E-state index contributed by atoms with van der Waals surface area (Å²) in [5, 5.41) is 1.76. The van der Waals surface area contributed by atoms with Gasteiger partial charge in [0.25, 0.3) is 0 Å². The number of halogens is 1. The van der Waals surface area contributed by atoms with Gasteiger partial charge < -0.3 is 14.4 Å². The van der Waals surface area contributed by atoms with Crippen molar-refractivity contribution in [2.75, 3.05) is 37.8 Å². The van der Waals surface area contributed by atoms with Crippen molar-refractivity contribution in [3.63, 3.8) is 0 Å². The fourth-order valence-corrected chi connectivity index (χ4v) is 3.66. The summed E-state index contributed by atoms with van der Waals surface area (Å²) in [7, 11) is 0. The number of hydrogen-bond acceptors (Lipinski definition) is 5. The quantitative estimate of drug-likeness (QED) is 0.849. The van der Waals surface area contributed by atoms with E-state index in [9.17, 15) is 0 Å². The van der Waals surface area contributed by atoms with Crippen LogP contribution in [0.4, 0.5) is 5.82 Å². The van der Waals surface area contributed by atoms with E-state index in [0.29, 0.717) is 17.0 Å². The van der Waals surface area contributed by atoms with Crippen molar-refractivity contribution in [1.82, 2.24) is 9.97 Å². The molecule has 1 atom stereocenters. The van der Waals surface area contributed by atoms with Crippen LogP contribution in [0.15, 0.2) is 24.5 Å². The van der Waals surface area contributed by atoms with Crippen molar-refractivity contribution in [3.05, 3.63) is 29.5 Å². The highest BCUT2D eigenvalue weighted by Crippen LogP contribution is 2.28. The summed E-state index contributed by atoms with van der Waals surface area (Å²) in [6.07, 6.45) is 5.18. The van der Waals surface area contributed by atoms with E-state index in [-0.39, 0.29) is 0 Å². The van der Waals surface area contributed by atoms with Crippen LogP contribution in [0.5, 0.6) is 0 Å². The topological polar surface area (TPSA) is 47.5 Å². The Hall–Kier alpha value is -1.43. The molecule has 2 aromatic rings. The lowest BCUT2D eigenvalue weighted by Gasteiger charge is -2.33. The molecule has 0 bridgehead atoms. The fourth-order valence-electron chi connectivity index (χ4n) is 3.49. The first-order valence-corrected chi connectivity index (χ1v) is 9.02. The highest BCUT2D eigenvalue weighted by Gasteiger charge is 2.24. The minimum Gasteiger partial charge on any atom is -0.381 e. The van der Waals surface area contributed by atoms with Crippen molar-refractivity contribution in [1.29, 1.82) is 0 Å². The fraction of sp³-hybridized carbons (Fsp3) is 0.556. The molecule has 6 heteroatoms. The Balaban J connectivity index is 1.39. The Bertz CT molecular complexity index is 698. The molecule has 0 amide bonds. The zero-order chi connectivity index (χ0) is 16.4. The van der Waals surface area contributed by atoms with Crippen LogP contribution in [0.1, 0.15) is 19.3 Å². The standard InChI is InChI=1S/C18H22ClN3O2/c19-14-1-2-16-17(9-14)20-12-21-18(16)22-6-3-15(4-7-22)24-11-13-5-8-23-10-13/h1-2,9,12-13,15H,3-8,10-11H2. The number of fused-ring (bicyclic) bond motifs is 1. The lowest BCUT2D eigenvalue weighted by molar-refractivity contribution is 0.0131. The Morgan fingerprint density at radius 1 is 1.21 bits per heavy atom. The summed E-state index contributed by atoms with van der Waals surface area (Å²) >= 11 is 6.07. The second kappa shape index (κ2) is 7.21. The maximum atomic E-state index is 6.10. The third-order valence-corrected chi connectivity index (χ3v) is 5.15. The van der Waals surface area contributed by atoms with Gasteiger partial charge in [0.1, 0.15) is 12.1 Å². The van der Waals surface area contributed by atoms with Crippen molar-refractivity contribution in [3.8, 4) is 0 Å². The summed E-state index contributed by atoms with van der Waals surface area (Å²) < 4.78 is 11.5. The van der Waals surface area contributed by atoms with Crippen molar-refractivity contribution in [2.24, 2.45) is 5.92 Å². The van der Waals surface area contributed by atoms with Crippen molar-refractivity contribution < 1.29 is 9.47 Å². The minimum absolute atomic E-state index is 0.351. The molecule has 5 nitrogen and oxygen atoms in total. The third kappa shape index (κ3) is 3.48. The van der Waals surface area contributed by atoms with Gasteiger partial charge in [-0.25, -0.2) is 9.97 Å². The maximum Gasteiger partial charge on any atom is 0.139 e.